The summed E-state index contributed by atoms with van der Waals surface area (Å²) in [6.45, 7) is 3.35. The molecule has 34 heavy (non-hydrogen) atoms. The molecule has 0 aliphatic carbocycles. The zero-order chi connectivity index (χ0) is 24.0. The molecular weight excluding hydrogens is 454 g/mol. The standard InChI is InChI=1S/C23H19F4N5O2/c1-12-11-32(6-7-34-12)22-18(24)19-17(10-29-22)30-21(31-19)16-8-13(9-28-16)20(33)14-4-2-3-5-15(14)23(25,26)27/h2-5,8-10,12,28H,6-7,11H2,1H3,(H,30,31)/t12-/m1/s1. The van der Waals surface area contributed by atoms with E-state index in [4.69, 9.17) is 4.74 Å². The highest BCUT2D eigenvalue weighted by atomic mass is 19.4. The topological polar surface area (TPSA) is 86.9 Å². The Bertz CT molecular complexity index is 1380. The van der Waals surface area contributed by atoms with Crippen molar-refractivity contribution in [3.05, 3.63) is 65.2 Å². The molecule has 1 atom stereocenters. The second-order valence-corrected chi connectivity index (χ2v) is 8.05. The van der Waals surface area contributed by atoms with Crippen LogP contribution >= 0.6 is 0 Å². The van der Waals surface area contributed by atoms with Gasteiger partial charge in [0.15, 0.2) is 23.2 Å². The fourth-order valence-electron chi connectivity index (χ4n) is 4.04. The Kier molecular flexibility index (Phi) is 5.35. The van der Waals surface area contributed by atoms with Crippen molar-refractivity contribution in [3.63, 3.8) is 0 Å². The number of halogens is 4. The quantitative estimate of drug-likeness (QED) is 0.335. The number of hydrogen-bond acceptors (Lipinski definition) is 5. The van der Waals surface area contributed by atoms with Crippen LogP contribution < -0.4 is 4.90 Å². The van der Waals surface area contributed by atoms with Crippen molar-refractivity contribution in [1.82, 2.24) is 19.9 Å². The molecule has 0 amide bonds. The van der Waals surface area contributed by atoms with E-state index in [1.54, 1.807) is 4.90 Å². The largest absolute Gasteiger partial charge is 0.417 e. The molecule has 3 aromatic heterocycles. The fourth-order valence-corrected chi connectivity index (χ4v) is 4.04. The summed E-state index contributed by atoms with van der Waals surface area (Å²) in [5, 5.41) is 0. The number of pyridine rings is 1. The summed E-state index contributed by atoms with van der Waals surface area (Å²) in [5.74, 6) is -0.975. The van der Waals surface area contributed by atoms with Gasteiger partial charge in [0.1, 0.15) is 5.52 Å². The molecule has 1 aliphatic rings. The van der Waals surface area contributed by atoms with Crippen molar-refractivity contribution in [2.75, 3.05) is 24.6 Å². The first-order chi connectivity index (χ1) is 16.2. The Morgan fingerprint density at radius 2 is 2.06 bits per heavy atom. The number of benzene rings is 1. The Labute approximate surface area is 190 Å². The minimum atomic E-state index is -4.66. The van der Waals surface area contributed by atoms with Crippen LogP contribution in [0.1, 0.15) is 28.4 Å². The van der Waals surface area contributed by atoms with Gasteiger partial charge in [0, 0.05) is 30.4 Å². The summed E-state index contributed by atoms with van der Waals surface area (Å²) < 4.78 is 60.6. The summed E-state index contributed by atoms with van der Waals surface area (Å²) in [4.78, 5) is 28.9. The Morgan fingerprint density at radius 3 is 2.82 bits per heavy atom. The number of morpholine rings is 1. The predicted octanol–water partition coefficient (Wildman–Crippen LogP) is 4.57. The van der Waals surface area contributed by atoms with Gasteiger partial charge in [-0.05, 0) is 19.1 Å². The maximum atomic E-state index is 15.2. The van der Waals surface area contributed by atoms with E-state index in [2.05, 4.69) is 19.9 Å². The molecule has 0 bridgehead atoms. The average Bonchev–Trinajstić information content (AvgIpc) is 3.46. The highest BCUT2D eigenvalue weighted by Crippen LogP contribution is 2.33. The number of nitrogens with one attached hydrogen (secondary N) is 2. The van der Waals surface area contributed by atoms with Crippen LogP contribution in [0.2, 0.25) is 0 Å². The van der Waals surface area contributed by atoms with Crippen molar-refractivity contribution in [3.8, 4) is 11.5 Å². The number of alkyl halides is 3. The number of H-pyrrole nitrogens is 2. The summed E-state index contributed by atoms with van der Waals surface area (Å²) in [7, 11) is 0. The normalized spacial score (nSPS) is 16.9. The number of hydrogen-bond donors (Lipinski definition) is 2. The van der Waals surface area contributed by atoms with Gasteiger partial charge in [0.05, 0.1) is 35.7 Å². The van der Waals surface area contributed by atoms with Gasteiger partial charge in [-0.3, -0.25) is 4.79 Å². The van der Waals surface area contributed by atoms with Crippen LogP contribution in [-0.2, 0) is 10.9 Å². The number of aromatic amines is 2. The Hall–Kier alpha value is -3.73. The third-order valence-corrected chi connectivity index (χ3v) is 5.67. The van der Waals surface area contributed by atoms with Crippen LogP contribution in [0.5, 0.6) is 0 Å². The van der Waals surface area contributed by atoms with E-state index in [0.29, 0.717) is 30.9 Å². The minimum Gasteiger partial charge on any atom is -0.375 e. The fraction of sp³-hybridized carbons (Fsp3) is 0.261. The molecule has 0 spiro atoms. The lowest BCUT2D eigenvalue weighted by atomic mass is 9.99. The van der Waals surface area contributed by atoms with Crippen LogP contribution in [0.15, 0.2) is 42.7 Å². The molecule has 176 valence electrons. The van der Waals surface area contributed by atoms with Crippen molar-refractivity contribution >= 4 is 22.6 Å². The van der Waals surface area contributed by atoms with Crippen LogP contribution in [0.4, 0.5) is 23.4 Å². The summed E-state index contributed by atoms with van der Waals surface area (Å²) in [6, 6.07) is 5.97. The van der Waals surface area contributed by atoms with Gasteiger partial charge in [-0.1, -0.05) is 18.2 Å². The third-order valence-electron chi connectivity index (χ3n) is 5.67. The van der Waals surface area contributed by atoms with Crippen LogP contribution in [-0.4, -0.2) is 51.5 Å². The predicted molar refractivity (Wildman–Crippen MR) is 116 cm³/mol. The molecule has 0 saturated carbocycles. The Balaban J connectivity index is 1.47. The van der Waals surface area contributed by atoms with E-state index >= 15 is 4.39 Å². The van der Waals surface area contributed by atoms with E-state index < -0.39 is 28.9 Å². The second kappa shape index (κ2) is 8.24. The number of fused-ring (bicyclic) bond motifs is 1. The molecule has 1 fully saturated rings. The lowest BCUT2D eigenvalue weighted by Gasteiger charge is -2.32. The summed E-state index contributed by atoms with van der Waals surface area (Å²) >= 11 is 0. The van der Waals surface area contributed by atoms with Crippen molar-refractivity contribution in [2.24, 2.45) is 0 Å². The molecule has 4 heterocycles. The smallest absolute Gasteiger partial charge is 0.375 e. The highest BCUT2D eigenvalue weighted by Gasteiger charge is 2.35. The first-order valence-electron chi connectivity index (χ1n) is 10.5. The summed E-state index contributed by atoms with van der Waals surface area (Å²) in [6.07, 6.45) is -1.95. The maximum Gasteiger partial charge on any atom is 0.417 e. The molecule has 11 heteroatoms. The number of carbonyl (C=O) groups is 1. The first kappa shape index (κ1) is 22.1. The third kappa shape index (κ3) is 3.92. The van der Waals surface area contributed by atoms with Gasteiger partial charge in [-0.25, -0.2) is 14.4 Å². The highest BCUT2D eigenvalue weighted by molar-refractivity contribution is 6.10. The number of ketones is 1. The average molecular weight is 473 g/mol. The van der Waals surface area contributed by atoms with Crippen LogP contribution in [0.25, 0.3) is 22.6 Å². The minimum absolute atomic E-state index is 0.0220. The van der Waals surface area contributed by atoms with Gasteiger partial charge >= 0.3 is 6.18 Å². The number of anilines is 1. The van der Waals surface area contributed by atoms with E-state index in [1.807, 2.05) is 6.92 Å². The van der Waals surface area contributed by atoms with Crippen molar-refractivity contribution < 1.29 is 27.1 Å². The number of ether oxygens (including phenoxy) is 1. The monoisotopic (exact) mass is 473 g/mol. The molecular formula is C23H19F4N5O2. The lowest BCUT2D eigenvalue weighted by molar-refractivity contribution is -0.137. The van der Waals surface area contributed by atoms with Crippen molar-refractivity contribution in [2.45, 2.75) is 19.2 Å². The van der Waals surface area contributed by atoms with Crippen LogP contribution in [0.3, 0.4) is 0 Å². The molecule has 0 unspecified atom stereocenters. The van der Waals surface area contributed by atoms with E-state index in [0.717, 1.165) is 12.1 Å². The van der Waals surface area contributed by atoms with E-state index in [1.165, 1.54) is 30.6 Å². The zero-order valence-electron chi connectivity index (χ0n) is 17.9. The zero-order valence-corrected chi connectivity index (χ0v) is 17.9. The SMILES string of the molecule is C[C@@H]1CN(c2ncc3[nH]c(-c4cc(C(=O)c5ccccc5C(F)(F)F)c[nH]4)nc3c2F)CCO1. The second-order valence-electron chi connectivity index (χ2n) is 8.05. The van der Waals surface area contributed by atoms with Gasteiger partial charge < -0.3 is 19.6 Å². The number of aromatic nitrogens is 4. The maximum absolute atomic E-state index is 15.2. The van der Waals surface area contributed by atoms with E-state index in [-0.39, 0.29) is 28.8 Å². The van der Waals surface area contributed by atoms with E-state index in [9.17, 15) is 18.0 Å². The molecule has 2 N–H and O–H groups in total. The summed E-state index contributed by atoms with van der Waals surface area (Å²) in [5.41, 5.74) is -0.695. The molecule has 5 rings (SSSR count). The first-order valence-corrected chi connectivity index (χ1v) is 10.5. The number of imidazole rings is 1. The van der Waals surface area contributed by atoms with Gasteiger partial charge in [0.2, 0.25) is 0 Å². The molecule has 1 saturated heterocycles. The number of carbonyl (C=O) groups excluding carboxylic acids is 1. The number of rotatable bonds is 4. The Morgan fingerprint density at radius 1 is 1.26 bits per heavy atom. The van der Waals surface area contributed by atoms with Gasteiger partial charge in [0.25, 0.3) is 0 Å². The molecule has 7 nitrogen and oxygen atoms in total. The lowest BCUT2D eigenvalue weighted by Crippen LogP contribution is -2.42. The molecule has 1 aromatic carbocycles. The van der Waals surface area contributed by atoms with Gasteiger partial charge in [-0.2, -0.15) is 13.2 Å². The number of nitrogens with zero attached hydrogens (tertiary/aromatic N) is 3. The molecule has 0 radical (unpaired) electrons. The van der Waals surface area contributed by atoms with Crippen LogP contribution in [0, 0.1) is 5.82 Å². The van der Waals surface area contributed by atoms with Gasteiger partial charge in [-0.15, -0.1) is 0 Å². The molecule has 4 aromatic rings. The van der Waals surface area contributed by atoms with Crippen molar-refractivity contribution in [1.29, 1.82) is 0 Å². The molecule has 1 aliphatic heterocycles.